The molecule has 2 saturated heterocycles. The van der Waals surface area contributed by atoms with Gasteiger partial charge in [0.05, 0.1) is 6.26 Å². The molecule has 2 aliphatic heterocycles. The highest BCUT2D eigenvalue weighted by molar-refractivity contribution is 7.88. The summed E-state index contributed by atoms with van der Waals surface area (Å²) in [5.41, 5.74) is 1.02. The molecule has 1 spiro atoms. The molecule has 1 amide bonds. The molecule has 2 fully saturated rings. The lowest BCUT2D eigenvalue weighted by Gasteiger charge is -2.52. The molecule has 7 heteroatoms. The monoisotopic (exact) mass is 338 g/mol. The smallest absolute Gasteiger partial charge is 0.410 e. The zero-order chi connectivity index (χ0) is 16.5. The van der Waals surface area contributed by atoms with Gasteiger partial charge in [-0.25, -0.2) is 17.5 Å². The maximum atomic E-state index is 12.1. The predicted octanol–water partition coefficient (Wildman–Crippen LogP) is 1.68. The molecule has 3 rings (SSSR count). The summed E-state index contributed by atoms with van der Waals surface area (Å²) in [4.78, 5) is 13.8. The molecule has 126 valence electrons. The number of carbonyl (C=O) groups is 1. The number of piperidine rings is 1. The zero-order valence-corrected chi connectivity index (χ0v) is 14.1. The number of nitrogens with zero attached hydrogens (tertiary/aromatic N) is 2. The molecule has 6 nitrogen and oxygen atoms in total. The summed E-state index contributed by atoms with van der Waals surface area (Å²) in [6.07, 6.45) is 2.62. The van der Waals surface area contributed by atoms with Crippen molar-refractivity contribution in [1.29, 1.82) is 0 Å². The number of ether oxygens (including phenoxy) is 1. The van der Waals surface area contributed by atoms with Crippen LogP contribution in [-0.4, -0.2) is 56.2 Å². The van der Waals surface area contributed by atoms with Crippen LogP contribution in [0.25, 0.3) is 0 Å². The molecule has 0 radical (unpaired) electrons. The Morgan fingerprint density at radius 1 is 1.17 bits per heavy atom. The Balaban J connectivity index is 1.45. The SMILES string of the molecule is CS(=O)(=O)N1CC2(CCN(C(=O)OCc3ccccc3)CC2)C1. The van der Waals surface area contributed by atoms with Crippen LogP contribution < -0.4 is 0 Å². The van der Waals surface area contributed by atoms with Crippen LogP contribution in [0.4, 0.5) is 4.79 Å². The lowest BCUT2D eigenvalue weighted by atomic mass is 9.73. The van der Waals surface area contributed by atoms with E-state index in [-0.39, 0.29) is 18.1 Å². The molecule has 0 saturated carbocycles. The van der Waals surface area contributed by atoms with E-state index in [1.807, 2.05) is 30.3 Å². The normalized spacial score (nSPS) is 21.0. The fraction of sp³-hybridized carbons (Fsp3) is 0.562. The Hall–Kier alpha value is -1.60. The number of sulfonamides is 1. The summed E-state index contributed by atoms with van der Waals surface area (Å²) in [6.45, 7) is 2.71. The number of likely N-dealkylation sites (tertiary alicyclic amines) is 1. The molecular formula is C16H22N2O4S. The van der Waals surface area contributed by atoms with Gasteiger partial charge in [-0.3, -0.25) is 0 Å². The molecule has 0 aromatic heterocycles. The van der Waals surface area contributed by atoms with Crippen molar-refractivity contribution in [2.24, 2.45) is 5.41 Å². The summed E-state index contributed by atoms with van der Waals surface area (Å²) < 4.78 is 29.8. The van der Waals surface area contributed by atoms with Crippen LogP contribution in [0.3, 0.4) is 0 Å². The maximum Gasteiger partial charge on any atom is 0.410 e. The van der Waals surface area contributed by atoms with Gasteiger partial charge in [0.1, 0.15) is 6.61 Å². The van der Waals surface area contributed by atoms with Gasteiger partial charge in [-0.15, -0.1) is 0 Å². The first-order chi connectivity index (χ1) is 10.9. The predicted molar refractivity (Wildman–Crippen MR) is 86.3 cm³/mol. The average Bonchev–Trinajstić information content (AvgIpc) is 2.50. The fourth-order valence-electron chi connectivity index (χ4n) is 3.23. The second kappa shape index (κ2) is 6.13. The minimum atomic E-state index is -3.08. The van der Waals surface area contributed by atoms with Gasteiger partial charge in [0.25, 0.3) is 0 Å². The lowest BCUT2D eigenvalue weighted by Crippen LogP contribution is -2.61. The summed E-state index contributed by atoms with van der Waals surface area (Å²) in [7, 11) is -3.08. The summed E-state index contributed by atoms with van der Waals surface area (Å²) in [5.74, 6) is 0. The molecule has 0 bridgehead atoms. The van der Waals surface area contributed by atoms with E-state index in [0.717, 1.165) is 18.4 Å². The van der Waals surface area contributed by atoms with Gasteiger partial charge in [0.2, 0.25) is 10.0 Å². The summed E-state index contributed by atoms with van der Waals surface area (Å²) in [5, 5.41) is 0. The largest absolute Gasteiger partial charge is 0.445 e. The number of hydrogen-bond donors (Lipinski definition) is 0. The molecule has 23 heavy (non-hydrogen) atoms. The highest BCUT2D eigenvalue weighted by Gasteiger charge is 2.48. The van der Waals surface area contributed by atoms with Gasteiger partial charge < -0.3 is 9.64 Å². The second-order valence-electron chi connectivity index (χ2n) is 6.56. The number of rotatable bonds is 3. The molecule has 0 atom stereocenters. The van der Waals surface area contributed by atoms with E-state index in [9.17, 15) is 13.2 Å². The van der Waals surface area contributed by atoms with Crippen molar-refractivity contribution in [3.05, 3.63) is 35.9 Å². The van der Waals surface area contributed by atoms with Crippen molar-refractivity contribution < 1.29 is 17.9 Å². The van der Waals surface area contributed by atoms with E-state index in [1.165, 1.54) is 10.6 Å². The van der Waals surface area contributed by atoms with E-state index >= 15 is 0 Å². The molecule has 0 unspecified atom stereocenters. The number of benzene rings is 1. The van der Waals surface area contributed by atoms with Crippen LogP contribution in [0.5, 0.6) is 0 Å². The molecule has 0 aliphatic carbocycles. The van der Waals surface area contributed by atoms with Crippen LogP contribution in [-0.2, 0) is 21.4 Å². The topological polar surface area (TPSA) is 66.9 Å². The fourth-order valence-corrected chi connectivity index (χ4v) is 4.24. The molecule has 0 N–H and O–H groups in total. The first kappa shape index (κ1) is 16.3. The van der Waals surface area contributed by atoms with Crippen LogP contribution in [0, 0.1) is 5.41 Å². The Bertz CT molecular complexity index is 659. The van der Waals surface area contributed by atoms with Crippen molar-refractivity contribution in [1.82, 2.24) is 9.21 Å². The summed E-state index contributed by atoms with van der Waals surface area (Å²) >= 11 is 0. The van der Waals surface area contributed by atoms with Crippen molar-refractivity contribution in [2.75, 3.05) is 32.4 Å². The van der Waals surface area contributed by atoms with E-state index in [4.69, 9.17) is 4.74 Å². The quantitative estimate of drug-likeness (QED) is 0.841. The van der Waals surface area contributed by atoms with Crippen molar-refractivity contribution in [2.45, 2.75) is 19.4 Å². The van der Waals surface area contributed by atoms with Crippen LogP contribution >= 0.6 is 0 Å². The van der Waals surface area contributed by atoms with Crippen LogP contribution in [0.15, 0.2) is 30.3 Å². The third-order valence-corrected chi connectivity index (χ3v) is 5.98. The minimum absolute atomic E-state index is 0.0549. The molecule has 1 aromatic carbocycles. The van der Waals surface area contributed by atoms with Crippen LogP contribution in [0.2, 0.25) is 0 Å². The van der Waals surface area contributed by atoms with Gasteiger partial charge in [-0.2, -0.15) is 0 Å². The Morgan fingerprint density at radius 3 is 2.35 bits per heavy atom. The second-order valence-corrected chi connectivity index (χ2v) is 8.54. The summed E-state index contributed by atoms with van der Waals surface area (Å²) in [6, 6.07) is 9.60. The highest BCUT2D eigenvalue weighted by atomic mass is 32.2. The van der Waals surface area contributed by atoms with E-state index < -0.39 is 10.0 Å². The number of hydrogen-bond acceptors (Lipinski definition) is 4. The Labute approximate surface area is 137 Å². The first-order valence-electron chi connectivity index (χ1n) is 7.79. The zero-order valence-electron chi connectivity index (χ0n) is 13.3. The Kier molecular flexibility index (Phi) is 4.33. The van der Waals surface area contributed by atoms with Gasteiger partial charge in [-0.1, -0.05) is 30.3 Å². The third-order valence-electron chi connectivity index (χ3n) is 4.78. The lowest BCUT2D eigenvalue weighted by molar-refractivity contribution is -0.00162. The van der Waals surface area contributed by atoms with Crippen molar-refractivity contribution >= 4 is 16.1 Å². The maximum absolute atomic E-state index is 12.1. The number of amides is 1. The van der Waals surface area contributed by atoms with E-state index in [2.05, 4.69) is 0 Å². The first-order valence-corrected chi connectivity index (χ1v) is 9.64. The van der Waals surface area contributed by atoms with Crippen molar-refractivity contribution in [3.8, 4) is 0 Å². The molecule has 1 aromatic rings. The van der Waals surface area contributed by atoms with Gasteiger partial charge in [-0.05, 0) is 18.4 Å². The third kappa shape index (κ3) is 3.67. The number of carbonyl (C=O) groups excluding carboxylic acids is 1. The van der Waals surface area contributed by atoms with Gasteiger partial charge in [0.15, 0.2) is 0 Å². The highest BCUT2D eigenvalue weighted by Crippen LogP contribution is 2.41. The standard InChI is InChI=1S/C16H22N2O4S/c1-23(20,21)18-12-16(13-18)7-9-17(10-8-16)15(19)22-11-14-5-3-2-4-6-14/h2-6H,7-13H2,1H3. The molecule has 2 aliphatic rings. The van der Waals surface area contributed by atoms with Gasteiger partial charge >= 0.3 is 6.09 Å². The van der Waals surface area contributed by atoms with Crippen molar-refractivity contribution in [3.63, 3.8) is 0 Å². The van der Waals surface area contributed by atoms with E-state index in [0.29, 0.717) is 26.2 Å². The Morgan fingerprint density at radius 2 is 1.78 bits per heavy atom. The molecular weight excluding hydrogens is 316 g/mol. The van der Waals surface area contributed by atoms with E-state index in [1.54, 1.807) is 4.90 Å². The minimum Gasteiger partial charge on any atom is -0.445 e. The van der Waals surface area contributed by atoms with Crippen LogP contribution in [0.1, 0.15) is 18.4 Å². The average molecular weight is 338 g/mol. The molecule has 2 heterocycles. The van der Waals surface area contributed by atoms with Gasteiger partial charge in [0, 0.05) is 31.6 Å².